The number of para-hydroxylation sites is 1. The summed E-state index contributed by atoms with van der Waals surface area (Å²) in [6, 6.07) is 17.2. The van der Waals surface area contributed by atoms with Gasteiger partial charge in [-0.3, -0.25) is 0 Å². The summed E-state index contributed by atoms with van der Waals surface area (Å²) in [7, 11) is 0. The molecule has 1 aromatic heterocycles. The van der Waals surface area contributed by atoms with Gasteiger partial charge in [0, 0.05) is 13.3 Å². The van der Waals surface area contributed by atoms with Crippen LogP contribution in [0.3, 0.4) is 0 Å². The molecule has 92 valence electrons. The van der Waals surface area contributed by atoms with Crippen LogP contribution in [0, 0.1) is 0 Å². The maximum atomic E-state index is 10.4. The molecule has 1 N–H and O–H groups in total. The van der Waals surface area contributed by atoms with Crippen LogP contribution >= 0.6 is 0 Å². The van der Waals surface area contributed by atoms with E-state index in [1.54, 1.807) is 4.68 Å². The van der Waals surface area contributed by atoms with Crippen LogP contribution in [-0.4, -0.2) is 14.9 Å². The molecule has 0 spiro atoms. The highest BCUT2D eigenvalue weighted by Gasteiger charge is 2.26. The van der Waals surface area contributed by atoms with E-state index in [2.05, 4.69) is 5.10 Å². The fraction of sp³-hybridized carbons (Fsp3) is 0.0625. The molecule has 0 radical (unpaired) electrons. The lowest BCUT2D eigenvalue weighted by molar-refractivity contribution is 0.471. The van der Waals surface area contributed by atoms with E-state index in [1.165, 1.54) is 0 Å². The smallest absolute Gasteiger partial charge is 0.165 e. The third-order valence-corrected chi connectivity index (χ3v) is 3.40. The van der Waals surface area contributed by atoms with Gasteiger partial charge in [0.1, 0.15) is 5.69 Å². The molecule has 0 amide bonds. The molecule has 1 aliphatic rings. The van der Waals surface area contributed by atoms with Crippen LogP contribution in [0.5, 0.6) is 5.75 Å². The average molecular weight is 249 g/mol. The third-order valence-electron chi connectivity index (χ3n) is 3.40. The first kappa shape index (κ1) is 9.39. The van der Waals surface area contributed by atoms with Crippen molar-refractivity contribution in [2.24, 2.45) is 0 Å². The van der Waals surface area contributed by atoms with Gasteiger partial charge in [-0.25, -0.2) is 4.68 Å². The van der Waals surface area contributed by atoms with Gasteiger partial charge >= 0.3 is 0 Å². The second-order valence-corrected chi connectivity index (χ2v) is 4.56. The minimum Gasteiger partial charge on any atom is -0.504 e. The van der Waals surface area contributed by atoms with Crippen molar-refractivity contribution in [2.45, 2.75) is 6.40 Å². The van der Waals surface area contributed by atoms with Crippen molar-refractivity contribution in [3.05, 3.63) is 65.9 Å². The van der Waals surface area contributed by atoms with Crippen molar-refractivity contribution >= 4 is 0 Å². The maximum Gasteiger partial charge on any atom is 0.165 e. The summed E-state index contributed by atoms with van der Waals surface area (Å²) in [5.41, 5.74) is 3.69. The van der Waals surface area contributed by atoms with Crippen molar-refractivity contribution < 1.29 is 6.48 Å². The van der Waals surface area contributed by atoms with Crippen molar-refractivity contribution in [3.63, 3.8) is 0 Å². The molecule has 1 atom stereocenters. The van der Waals surface area contributed by atoms with E-state index in [1.807, 2.05) is 54.6 Å². The minimum atomic E-state index is -0.587. The second-order valence-electron chi connectivity index (χ2n) is 4.56. The molecule has 19 heavy (non-hydrogen) atoms. The summed E-state index contributed by atoms with van der Waals surface area (Å²) in [6.45, 7) is 0. The van der Waals surface area contributed by atoms with E-state index in [4.69, 9.17) is 1.37 Å². The second kappa shape index (κ2) is 3.72. The van der Waals surface area contributed by atoms with Crippen molar-refractivity contribution in [3.8, 4) is 22.7 Å². The highest BCUT2D eigenvalue weighted by molar-refractivity contribution is 5.70. The molecule has 2 heterocycles. The van der Waals surface area contributed by atoms with Gasteiger partial charge in [0.15, 0.2) is 5.75 Å². The van der Waals surface area contributed by atoms with Gasteiger partial charge in [-0.1, -0.05) is 48.5 Å². The van der Waals surface area contributed by atoms with Gasteiger partial charge in [0.05, 0.1) is 11.4 Å². The Morgan fingerprint density at radius 1 is 1.05 bits per heavy atom. The SMILES string of the molecule is [2H]C1c2ccccc2-n2nc(-c3ccccc3)c(O)c21. The topological polar surface area (TPSA) is 38.0 Å². The zero-order valence-electron chi connectivity index (χ0n) is 11.1. The van der Waals surface area contributed by atoms with Crippen molar-refractivity contribution in [2.75, 3.05) is 0 Å². The van der Waals surface area contributed by atoms with E-state index < -0.39 is 6.40 Å². The Morgan fingerprint density at radius 2 is 1.79 bits per heavy atom. The summed E-state index contributed by atoms with van der Waals surface area (Å²) in [5, 5.41) is 14.9. The molecule has 3 aromatic rings. The maximum absolute atomic E-state index is 10.4. The Labute approximate surface area is 112 Å². The van der Waals surface area contributed by atoms with Crippen LogP contribution in [0.1, 0.15) is 12.6 Å². The van der Waals surface area contributed by atoms with Gasteiger partial charge in [0.2, 0.25) is 0 Å². The molecule has 0 saturated carbocycles. The van der Waals surface area contributed by atoms with E-state index in [9.17, 15) is 5.11 Å². The Bertz CT molecular complexity index is 795. The summed E-state index contributed by atoms with van der Waals surface area (Å²) in [6.07, 6.45) is -0.587. The first-order valence-corrected chi connectivity index (χ1v) is 6.16. The number of hydrogen-bond donors (Lipinski definition) is 1. The van der Waals surface area contributed by atoms with Crippen molar-refractivity contribution in [1.29, 1.82) is 0 Å². The quantitative estimate of drug-likeness (QED) is 0.719. The van der Waals surface area contributed by atoms with E-state index in [0.717, 1.165) is 16.8 Å². The lowest BCUT2D eigenvalue weighted by Crippen LogP contribution is -1.94. The minimum absolute atomic E-state index is 0.104. The number of hydrogen-bond acceptors (Lipinski definition) is 2. The third kappa shape index (κ3) is 1.41. The Morgan fingerprint density at radius 3 is 2.63 bits per heavy atom. The van der Waals surface area contributed by atoms with E-state index in [0.29, 0.717) is 11.4 Å². The number of nitrogens with zero attached hydrogens (tertiary/aromatic N) is 2. The van der Waals surface area contributed by atoms with E-state index in [-0.39, 0.29) is 5.75 Å². The van der Waals surface area contributed by atoms with Gasteiger partial charge in [-0.15, -0.1) is 0 Å². The molecule has 4 rings (SSSR count). The average Bonchev–Trinajstić information content (AvgIpc) is 2.98. The molecule has 0 aliphatic carbocycles. The molecular formula is C16H12N2O. The van der Waals surface area contributed by atoms with Crippen LogP contribution in [-0.2, 0) is 6.40 Å². The zero-order chi connectivity index (χ0) is 13.7. The number of benzene rings is 2. The predicted molar refractivity (Wildman–Crippen MR) is 73.5 cm³/mol. The van der Waals surface area contributed by atoms with Crippen LogP contribution in [0.4, 0.5) is 0 Å². The number of aromatic hydroxyl groups is 1. The summed E-state index contributed by atoms with van der Waals surface area (Å²) < 4.78 is 9.98. The Hall–Kier alpha value is -2.55. The number of fused-ring (bicyclic) bond motifs is 3. The van der Waals surface area contributed by atoms with Crippen LogP contribution in [0.15, 0.2) is 54.6 Å². The Kier molecular flexibility index (Phi) is 1.84. The first-order chi connectivity index (χ1) is 9.77. The molecule has 1 unspecified atom stereocenters. The van der Waals surface area contributed by atoms with Gasteiger partial charge in [-0.2, -0.15) is 5.10 Å². The summed E-state index contributed by atoms with van der Waals surface area (Å²) in [5.74, 6) is 0.104. The molecular weight excluding hydrogens is 236 g/mol. The van der Waals surface area contributed by atoms with Gasteiger partial charge < -0.3 is 5.11 Å². The standard InChI is InChI=1S/C16H12N2O/c19-16-14-10-12-8-4-5-9-13(12)18(14)17-15(16)11-6-2-1-3-7-11/h1-9,19H,10H2/i10D. The fourth-order valence-electron chi connectivity index (χ4n) is 2.48. The molecule has 0 saturated heterocycles. The normalized spacial score (nSPS) is 16.8. The highest BCUT2D eigenvalue weighted by Crippen LogP contribution is 2.38. The van der Waals surface area contributed by atoms with E-state index >= 15 is 0 Å². The summed E-state index contributed by atoms with van der Waals surface area (Å²) >= 11 is 0. The fourth-order valence-corrected chi connectivity index (χ4v) is 2.48. The van der Waals surface area contributed by atoms with Gasteiger partial charge in [0.25, 0.3) is 0 Å². The van der Waals surface area contributed by atoms with Gasteiger partial charge in [-0.05, 0) is 11.6 Å². The molecule has 0 bridgehead atoms. The summed E-state index contributed by atoms with van der Waals surface area (Å²) in [4.78, 5) is 0. The van der Waals surface area contributed by atoms with Crippen molar-refractivity contribution in [1.82, 2.24) is 9.78 Å². The molecule has 3 nitrogen and oxygen atoms in total. The van der Waals surface area contributed by atoms with Crippen LogP contribution in [0.2, 0.25) is 0 Å². The van der Waals surface area contributed by atoms with Crippen LogP contribution < -0.4 is 0 Å². The first-order valence-electron chi connectivity index (χ1n) is 6.74. The molecule has 3 heteroatoms. The molecule has 1 aliphatic heterocycles. The Balaban J connectivity index is 1.97. The molecule has 2 aromatic carbocycles. The highest BCUT2D eigenvalue weighted by atomic mass is 16.3. The zero-order valence-corrected chi connectivity index (χ0v) is 10.1. The number of aromatic nitrogens is 2. The molecule has 0 fully saturated rings. The van der Waals surface area contributed by atoms with Crippen LogP contribution in [0.25, 0.3) is 16.9 Å². The lowest BCUT2D eigenvalue weighted by atomic mass is 10.1. The lowest BCUT2D eigenvalue weighted by Gasteiger charge is -2.00. The number of rotatable bonds is 1. The predicted octanol–water partition coefficient (Wildman–Crippen LogP) is 3.15. The largest absolute Gasteiger partial charge is 0.504 e. The monoisotopic (exact) mass is 249 g/mol.